The Balaban J connectivity index is 1.73. The molecule has 1 fully saturated rings. The predicted octanol–water partition coefficient (Wildman–Crippen LogP) is 2.32. The molecule has 3 rings (SSSR count). The molecule has 0 aliphatic carbocycles. The van der Waals surface area contributed by atoms with E-state index in [9.17, 15) is 9.59 Å². The molecule has 1 saturated heterocycles. The first kappa shape index (κ1) is 16.8. The van der Waals surface area contributed by atoms with Gasteiger partial charge in [0.1, 0.15) is 5.82 Å². The van der Waals surface area contributed by atoms with Gasteiger partial charge in [-0.25, -0.2) is 9.78 Å². The van der Waals surface area contributed by atoms with Crippen LogP contribution in [0.25, 0.3) is 0 Å². The van der Waals surface area contributed by atoms with Gasteiger partial charge in [0.15, 0.2) is 0 Å². The predicted molar refractivity (Wildman–Crippen MR) is 98.3 cm³/mol. The van der Waals surface area contributed by atoms with E-state index >= 15 is 0 Å². The van der Waals surface area contributed by atoms with Gasteiger partial charge in [0.2, 0.25) is 0 Å². The number of pyridine rings is 1. The van der Waals surface area contributed by atoms with Crippen molar-refractivity contribution in [2.75, 3.05) is 42.3 Å². The summed E-state index contributed by atoms with van der Waals surface area (Å²) >= 11 is 0. The molecule has 0 saturated carbocycles. The van der Waals surface area contributed by atoms with Gasteiger partial charge in [0.05, 0.1) is 5.56 Å². The molecule has 130 valence electrons. The number of nitrogens with zero attached hydrogens (tertiary/aromatic N) is 3. The van der Waals surface area contributed by atoms with Crippen LogP contribution in [0.15, 0.2) is 42.6 Å². The average Bonchev–Trinajstić information content (AvgIpc) is 2.62. The van der Waals surface area contributed by atoms with E-state index in [4.69, 9.17) is 0 Å². The minimum Gasteiger partial charge on any atom is -0.363 e. The Morgan fingerprint density at radius 2 is 2.12 bits per heavy atom. The molecule has 1 aromatic carbocycles. The summed E-state index contributed by atoms with van der Waals surface area (Å²) in [7, 11) is 3.79. The minimum atomic E-state index is -0.238. The van der Waals surface area contributed by atoms with Crippen molar-refractivity contribution in [3.8, 4) is 0 Å². The largest absolute Gasteiger partial charge is 0.363 e. The number of benzene rings is 1. The van der Waals surface area contributed by atoms with Crippen molar-refractivity contribution in [3.05, 3.63) is 48.2 Å². The summed E-state index contributed by atoms with van der Waals surface area (Å²) in [4.78, 5) is 32.1. The number of carbonyl (C=O) groups is 2. The molecule has 2 heterocycles. The van der Waals surface area contributed by atoms with Crippen molar-refractivity contribution in [2.24, 2.45) is 0 Å². The lowest BCUT2D eigenvalue weighted by molar-refractivity contribution is 0.102. The monoisotopic (exact) mass is 339 g/mol. The number of hydrogen-bond donors (Lipinski definition) is 2. The third-order valence-electron chi connectivity index (χ3n) is 3.96. The smallest absolute Gasteiger partial charge is 0.321 e. The minimum absolute atomic E-state index is 0.113. The number of urea groups is 1. The van der Waals surface area contributed by atoms with Crippen LogP contribution in [0.3, 0.4) is 0 Å². The quantitative estimate of drug-likeness (QED) is 0.896. The third-order valence-corrected chi connectivity index (χ3v) is 3.96. The molecular weight excluding hydrogens is 318 g/mol. The van der Waals surface area contributed by atoms with Gasteiger partial charge in [-0.3, -0.25) is 9.69 Å². The number of rotatable bonds is 4. The Morgan fingerprint density at radius 3 is 2.80 bits per heavy atom. The fourth-order valence-corrected chi connectivity index (χ4v) is 2.62. The van der Waals surface area contributed by atoms with E-state index in [1.807, 2.05) is 31.1 Å². The van der Waals surface area contributed by atoms with Crippen molar-refractivity contribution in [1.82, 2.24) is 10.3 Å². The summed E-state index contributed by atoms with van der Waals surface area (Å²) in [6.45, 7) is 1.36. The summed E-state index contributed by atoms with van der Waals surface area (Å²) in [6.07, 6.45) is 2.44. The summed E-state index contributed by atoms with van der Waals surface area (Å²) < 4.78 is 0. The lowest BCUT2D eigenvalue weighted by atomic mass is 10.2. The van der Waals surface area contributed by atoms with Crippen molar-refractivity contribution < 1.29 is 9.59 Å². The van der Waals surface area contributed by atoms with Gasteiger partial charge in [-0.1, -0.05) is 6.07 Å². The number of amides is 3. The maximum Gasteiger partial charge on any atom is 0.321 e. The van der Waals surface area contributed by atoms with Gasteiger partial charge in [-0.05, 0) is 36.8 Å². The Morgan fingerprint density at radius 1 is 1.28 bits per heavy atom. The van der Waals surface area contributed by atoms with Crippen LogP contribution >= 0.6 is 0 Å². The van der Waals surface area contributed by atoms with Crippen LogP contribution in [0.2, 0.25) is 0 Å². The second-order valence-corrected chi connectivity index (χ2v) is 6.04. The molecule has 2 aromatic rings. The topological polar surface area (TPSA) is 77.6 Å². The highest BCUT2D eigenvalue weighted by molar-refractivity contribution is 6.04. The number of carbonyl (C=O) groups excluding carboxylic acids is 2. The molecule has 0 radical (unpaired) electrons. The van der Waals surface area contributed by atoms with Crippen LogP contribution < -0.4 is 20.4 Å². The fourth-order valence-electron chi connectivity index (χ4n) is 2.62. The molecule has 2 N–H and O–H groups in total. The van der Waals surface area contributed by atoms with Crippen LogP contribution in [0.5, 0.6) is 0 Å². The Bertz CT molecular complexity index is 773. The van der Waals surface area contributed by atoms with Crippen molar-refractivity contribution in [2.45, 2.75) is 6.42 Å². The molecular formula is C18H21N5O2. The molecule has 7 nitrogen and oxygen atoms in total. The van der Waals surface area contributed by atoms with Gasteiger partial charge in [-0.15, -0.1) is 0 Å². The van der Waals surface area contributed by atoms with E-state index in [-0.39, 0.29) is 11.9 Å². The highest BCUT2D eigenvalue weighted by Gasteiger charge is 2.19. The second kappa shape index (κ2) is 7.21. The average molecular weight is 339 g/mol. The maximum atomic E-state index is 12.4. The zero-order chi connectivity index (χ0) is 17.8. The van der Waals surface area contributed by atoms with Crippen LogP contribution in [-0.4, -0.2) is 44.1 Å². The van der Waals surface area contributed by atoms with Crippen molar-refractivity contribution >= 4 is 29.1 Å². The van der Waals surface area contributed by atoms with Gasteiger partial charge < -0.3 is 15.5 Å². The van der Waals surface area contributed by atoms with Crippen molar-refractivity contribution in [1.29, 1.82) is 0 Å². The highest BCUT2D eigenvalue weighted by atomic mass is 16.2. The summed E-state index contributed by atoms with van der Waals surface area (Å²) in [5.41, 5.74) is 1.88. The lowest BCUT2D eigenvalue weighted by Gasteiger charge is -2.27. The summed E-state index contributed by atoms with van der Waals surface area (Å²) in [5.74, 6) is 0.549. The zero-order valence-corrected chi connectivity index (χ0v) is 14.3. The number of anilines is 3. The summed E-state index contributed by atoms with van der Waals surface area (Å²) in [6, 6.07) is 10.7. The van der Waals surface area contributed by atoms with Crippen LogP contribution in [-0.2, 0) is 0 Å². The summed E-state index contributed by atoms with van der Waals surface area (Å²) in [5, 5.41) is 5.67. The van der Waals surface area contributed by atoms with E-state index in [1.165, 1.54) is 0 Å². The molecule has 0 atom stereocenters. The molecule has 0 spiro atoms. The molecule has 1 aliphatic heterocycles. The van der Waals surface area contributed by atoms with E-state index in [2.05, 4.69) is 15.6 Å². The molecule has 0 unspecified atom stereocenters. The number of hydrogen-bond acceptors (Lipinski definition) is 4. The molecule has 1 aromatic heterocycles. The van der Waals surface area contributed by atoms with Crippen LogP contribution in [0, 0.1) is 0 Å². The highest BCUT2D eigenvalue weighted by Crippen LogP contribution is 2.21. The fraction of sp³-hybridized carbons (Fsp3) is 0.278. The van der Waals surface area contributed by atoms with E-state index in [1.54, 1.807) is 35.4 Å². The number of nitrogens with one attached hydrogen (secondary N) is 2. The Kier molecular flexibility index (Phi) is 4.83. The van der Waals surface area contributed by atoms with Crippen LogP contribution in [0.4, 0.5) is 22.0 Å². The van der Waals surface area contributed by atoms with E-state index < -0.39 is 0 Å². The zero-order valence-electron chi connectivity index (χ0n) is 14.3. The molecule has 3 amide bonds. The SMILES string of the molecule is CN(C)c1ccc(C(=O)Nc2cccc(N3CCCNC3=O)c2)cn1. The first-order chi connectivity index (χ1) is 12.0. The normalized spacial score (nSPS) is 14.0. The molecule has 7 heteroatoms. The standard InChI is InChI=1S/C18H21N5O2/c1-22(2)16-8-7-13(12-20-16)17(24)21-14-5-3-6-15(11-14)23-10-4-9-19-18(23)25/h3,5-8,11-12H,4,9-10H2,1-2H3,(H,19,25)(H,21,24). The second-order valence-electron chi connectivity index (χ2n) is 6.04. The van der Waals surface area contributed by atoms with Crippen molar-refractivity contribution in [3.63, 3.8) is 0 Å². The Labute approximate surface area is 146 Å². The van der Waals surface area contributed by atoms with Gasteiger partial charge >= 0.3 is 6.03 Å². The van der Waals surface area contributed by atoms with Gasteiger partial charge in [-0.2, -0.15) is 0 Å². The van der Waals surface area contributed by atoms with E-state index in [0.717, 1.165) is 17.9 Å². The van der Waals surface area contributed by atoms with Gasteiger partial charge in [0, 0.05) is 44.8 Å². The third kappa shape index (κ3) is 3.88. The Hall–Kier alpha value is -3.09. The molecule has 25 heavy (non-hydrogen) atoms. The first-order valence-corrected chi connectivity index (χ1v) is 8.15. The van der Waals surface area contributed by atoms with E-state index in [0.29, 0.717) is 24.3 Å². The molecule has 1 aliphatic rings. The number of aromatic nitrogens is 1. The lowest BCUT2D eigenvalue weighted by Crippen LogP contribution is -2.46. The van der Waals surface area contributed by atoms with Crippen LogP contribution in [0.1, 0.15) is 16.8 Å². The maximum absolute atomic E-state index is 12.4. The van der Waals surface area contributed by atoms with Gasteiger partial charge in [0.25, 0.3) is 5.91 Å². The first-order valence-electron chi connectivity index (χ1n) is 8.15. The molecule has 0 bridgehead atoms.